The zero-order chi connectivity index (χ0) is 19.5. The minimum absolute atomic E-state index is 0.0921. The first-order valence-corrected chi connectivity index (χ1v) is 10.6. The zero-order valence-corrected chi connectivity index (χ0v) is 16.4. The number of nitrogens with two attached hydrogens (primary N) is 1. The first-order valence-electron chi connectivity index (χ1n) is 8.74. The molecule has 1 fully saturated rings. The molecule has 1 unspecified atom stereocenters. The summed E-state index contributed by atoms with van der Waals surface area (Å²) in [5.74, 6) is -0.322. The van der Waals surface area contributed by atoms with Gasteiger partial charge in [-0.25, -0.2) is 8.42 Å². The van der Waals surface area contributed by atoms with Crippen molar-refractivity contribution in [3.05, 3.63) is 29.8 Å². The van der Waals surface area contributed by atoms with Crippen LogP contribution in [0.25, 0.3) is 0 Å². The van der Waals surface area contributed by atoms with Gasteiger partial charge in [-0.2, -0.15) is 0 Å². The van der Waals surface area contributed by atoms with Gasteiger partial charge in [-0.3, -0.25) is 9.59 Å². The van der Waals surface area contributed by atoms with E-state index in [0.717, 1.165) is 12.7 Å². The maximum atomic E-state index is 12.7. The van der Waals surface area contributed by atoms with Gasteiger partial charge in [0.15, 0.2) is 9.84 Å². The van der Waals surface area contributed by atoms with E-state index < -0.39 is 15.4 Å². The fourth-order valence-corrected chi connectivity index (χ4v) is 3.81. The number of sulfone groups is 1. The van der Waals surface area contributed by atoms with Crippen LogP contribution in [-0.4, -0.2) is 68.0 Å². The first-order chi connectivity index (χ1) is 12.1. The molecule has 1 atom stereocenters. The highest BCUT2D eigenvalue weighted by Crippen LogP contribution is 2.17. The van der Waals surface area contributed by atoms with Crippen LogP contribution < -0.4 is 5.73 Å². The Morgan fingerprint density at radius 3 is 2.27 bits per heavy atom. The average Bonchev–Trinajstić information content (AvgIpc) is 2.60. The second-order valence-electron chi connectivity index (χ2n) is 7.05. The number of amides is 2. The highest BCUT2D eigenvalue weighted by atomic mass is 32.2. The predicted octanol–water partition coefficient (Wildman–Crippen LogP) is 0.892. The van der Waals surface area contributed by atoms with Crippen molar-refractivity contribution in [3.8, 4) is 0 Å². The van der Waals surface area contributed by atoms with Gasteiger partial charge in [0, 0.05) is 38.0 Å². The van der Waals surface area contributed by atoms with E-state index in [-0.39, 0.29) is 16.7 Å². The molecule has 1 aliphatic heterocycles. The van der Waals surface area contributed by atoms with Crippen molar-refractivity contribution in [1.82, 2.24) is 9.80 Å². The van der Waals surface area contributed by atoms with Crippen molar-refractivity contribution in [2.75, 3.05) is 32.4 Å². The third-order valence-electron chi connectivity index (χ3n) is 4.62. The Bertz CT molecular complexity index is 781. The molecule has 1 aromatic carbocycles. The quantitative estimate of drug-likeness (QED) is 0.816. The van der Waals surface area contributed by atoms with Gasteiger partial charge in [0.1, 0.15) is 0 Å². The smallest absolute Gasteiger partial charge is 0.254 e. The van der Waals surface area contributed by atoms with Gasteiger partial charge < -0.3 is 15.5 Å². The van der Waals surface area contributed by atoms with E-state index in [1.54, 1.807) is 28.9 Å². The molecule has 26 heavy (non-hydrogen) atoms. The summed E-state index contributed by atoms with van der Waals surface area (Å²) in [7, 11) is -3.37. The van der Waals surface area contributed by atoms with E-state index in [1.165, 1.54) is 12.1 Å². The van der Waals surface area contributed by atoms with Crippen LogP contribution >= 0.6 is 0 Å². The highest BCUT2D eigenvalue weighted by molar-refractivity contribution is 7.90. The van der Waals surface area contributed by atoms with Crippen molar-refractivity contribution >= 4 is 21.7 Å². The standard InChI is InChI=1S/C18H27N3O4S/c1-4-8-18(2,19)17(23)21-11-9-20(10-12-21)16(22)14-6-5-7-15(13-14)26(3,24)25/h5-7,13H,4,8-12,19H2,1-3H3. The normalized spacial score (nSPS) is 17.7. The maximum absolute atomic E-state index is 12.7. The van der Waals surface area contributed by atoms with E-state index in [0.29, 0.717) is 38.2 Å². The zero-order valence-electron chi connectivity index (χ0n) is 15.6. The van der Waals surface area contributed by atoms with Crippen LogP contribution in [-0.2, 0) is 14.6 Å². The number of nitrogens with zero attached hydrogens (tertiary/aromatic N) is 2. The lowest BCUT2D eigenvalue weighted by Crippen LogP contribution is -2.58. The molecule has 0 saturated carbocycles. The topological polar surface area (TPSA) is 101 Å². The Balaban J connectivity index is 2.04. The molecule has 2 rings (SSSR count). The third-order valence-corrected chi connectivity index (χ3v) is 5.73. The van der Waals surface area contributed by atoms with E-state index in [2.05, 4.69) is 0 Å². The van der Waals surface area contributed by atoms with E-state index in [9.17, 15) is 18.0 Å². The summed E-state index contributed by atoms with van der Waals surface area (Å²) in [6.45, 7) is 5.37. The lowest BCUT2D eigenvalue weighted by molar-refractivity contribution is -0.138. The predicted molar refractivity (Wildman–Crippen MR) is 99.5 cm³/mol. The molecular formula is C18H27N3O4S. The SMILES string of the molecule is CCCC(C)(N)C(=O)N1CCN(C(=O)c2cccc(S(C)(=O)=O)c2)CC1. The average molecular weight is 381 g/mol. The van der Waals surface area contributed by atoms with Crippen molar-refractivity contribution in [3.63, 3.8) is 0 Å². The number of hydrogen-bond acceptors (Lipinski definition) is 5. The van der Waals surface area contributed by atoms with Crippen LogP contribution in [0.4, 0.5) is 0 Å². The summed E-state index contributed by atoms with van der Waals surface area (Å²) >= 11 is 0. The van der Waals surface area contributed by atoms with E-state index in [1.807, 2.05) is 6.92 Å². The molecule has 2 N–H and O–H groups in total. The highest BCUT2D eigenvalue weighted by Gasteiger charge is 2.34. The monoisotopic (exact) mass is 381 g/mol. The minimum atomic E-state index is -3.37. The molecule has 0 radical (unpaired) electrons. The van der Waals surface area contributed by atoms with Gasteiger partial charge >= 0.3 is 0 Å². The van der Waals surface area contributed by atoms with Crippen molar-refractivity contribution < 1.29 is 18.0 Å². The number of benzene rings is 1. The van der Waals surface area contributed by atoms with Gasteiger partial charge in [-0.1, -0.05) is 19.4 Å². The van der Waals surface area contributed by atoms with Crippen molar-refractivity contribution in [1.29, 1.82) is 0 Å². The van der Waals surface area contributed by atoms with Crippen molar-refractivity contribution in [2.24, 2.45) is 5.73 Å². The van der Waals surface area contributed by atoms with Crippen LogP contribution in [0.2, 0.25) is 0 Å². The molecule has 1 saturated heterocycles. The number of carbonyl (C=O) groups excluding carboxylic acids is 2. The molecule has 144 valence electrons. The van der Waals surface area contributed by atoms with Crippen molar-refractivity contribution in [2.45, 2.75) is 37.1 Å². The van der Waals surface area contributed by atoms with Crippen LogP contribution in [0.15, 0.2) is 29.2 Å². The summed E-state index contributed by atoms with van der Waals surface area (Å²) in [5.41, 5.74) is 5.57. The molecule has 8 heteroatoms. The number of piperazine rings is 1. The molecular weight excluding hydrogens is 354 g/mol. The summed E-state index contributed by atoms with van der Waals surface area (Å²) < 4.78 is 23.3. The number of rotatable bonds is 5. The number of hydrogen-bond donors (Lipinski definition) is 1. The third kappa shape index (κ3) is 4.62. The van der Waals surface area contributed by atoms with Crippen LogP contribution in [0.5, 0.6) is 0 Å². The Labute approximate surface area is 155 Å². The van der Waals surface area contributed by atoms with Gasteiger partial charge in [-0.15, -0.1) is 0 Å². The molecule has 0 aromatic heterocycles. The molecule has 1 aliphatic rings. The number of carbonyl (C=O) groups is 2. The van der Waals surface area contributed by atoms with E-state index >= 15 is 0 Å². The second-order valence-corrected chi connectivity index (χ2v) is 9.07. The molecule has 2 amide bonds. The van der Waals surface area contributed by atoms with E-state index in [4.69, 9.17) is 5.73 Å². The summed E-state index contributed by atoms with van der Waals surface area (Å²) in [6, 6.07) is 6.03. The fraction of sp³-hybridized carbons (Fsp3) is 0.556. The van der Waals surface area contributed by atoms with Gasteiger partial charge in [0.2, 0.25) is 5.91 Å². The van der Waals surface area contributed by atoms with Crippen LogP contribution in [0, 0.1) is 0 Å². The van der Waals surface area contributed by atoms with Gasteiger partial charge in [0.25, 0.3) is 5.91 Å². The first kappa shape index (κ1) is 20.4. The minimum Gasteiger partial charge on any atom is -0.338 e. The molecule has 0 aliphatic carbocycles. The molecule has 1 aromatic rings. The second kappa shape index (κ2) is 7.75. The Morgan fingerprint density at radius 1 is 1.15 bits per heavy atom. The summed E-state index contributed by atoms with van der Waals surface area (Å²) in [5, 5.41) is 0. The van der Waals surface area contributed by atoms with Gasteiger partial charge in [0.05, 0.1) is 10.4 Å². The lowest BCUT2D eigenvalue weighted by atomic mass is 9.95. The van der Waals surface area contributed by atoms with Crippen LogP contribution in [0.3, 0.4) is 0 Å². The molecule has 7 nitrogen and oxygen atoms in total. The molecule has 0 bridgehead atoms. The Morgan fingerprint density at radius 2 is 1.73 bits per heavy atom. The molecule has 0 spiro atoms. The lowest BCUT2D eigenvalue weighted by Gasteiger charge is -2.38. The molecule has 1 heterocycles. The largest absolute Gasteiger partial charge is 0.338 e. The fourth-order valence-electron chi connectivity index (χ4n) is 3.14. The summed E-state index contributed by atoms with van der Waals surface area (Å²) in [6.07, 6.45) is 2.55. The Hall–Kier alpha value is -1.93. The Kier molecular flexibility index (Phi) is 6.08. The van der Waals surface area contributed by atoms with Gasteiger partial charge in [-0.05, 0) is 31.5 Å². The summed E-state index contributed by atoms with van der Waals surface area (Å²) in [4.78, 5) is 28.7. The van der Waals surface area contributed by atoms with Crippen LogP contribution in [0.1, 0.15) is 37.0 Å². The maximum Gasteiger partial charge on any atom is 0.254 e.